The van der Waals surface area contributed by atoms with Gasteiger partial charge < -0.3 is 15.1 Å². The summed E-state index contributed by atoms with van der Waals surface area (Å²) in [5.41, 5.74) is 1.26. The van der Waals surface area contributed by atoms with Crippen LogP contribution in [0.25, 0.3) is 11.0 Å². The van der Waals surface area contributed by atoms with Crippen LogP contribution in [-0.4, -0.2) is 16.9 Å². The summed E-state index contributed by atoms with van der Waals surface area (Å²) in [6.07, 6.45) is 1.92. The monoisotopic (exact) mass is 365 g/mol. The molecule has 2 N–H and O–H groups in total. The first-order valence-electron chi connectivity index (χ1n) is 8.85. The fraction of sp³-hybridized carbons (Fsp3) is 0.250. The van der Waals surface area contributed by atoms with E-state index in [1.54, 1.807) is 12.1 Å². The zero-order valence-corrected chi connectivity index (χ0v) is 14.8. The Morgan fingerprint density at radius 1 is 1.22 bits per heavy atom. The van der Waals surface area contributed by atoms with Gasteiger partial charge in [-0.3, -0.25) is 14.9 Å². The number of anilines is 1. The summed E-state index contributed by atoms with van der Waals surface area (Å²) >= 11 is 0. The molecule has 2 aromatic carbocycles. The average molecular weight is 365 g/mol. The molecule has 1 heterocycles. The topological polar surface area (TPSA) is 97.4 Å². The summed E-state index contributed by atoms with van der Waals surface area (Å²) in [6, 6.07) is 14.0. The Balaban J connectivity index is 1.58. The van der Waals surface area contributed by atoms with Crippen LogP contribution in [0.3, 0.4) is 0 Å². The zero-order valence-electron chi connectivity index (χ0n) is 14.8. The van der Waals surface area contributed by atoms with Crippen LogP contribution in [0.4, 0.5) is 11.4 Å². The van der Waals surface area contributed by atoms with Gasteiger partial charge in [-0.25, -0.2) is 0 Å². The van der Waals surface area contributed by atoms with Gasteiger partial charge in [-0.2, -0.15) is 0 Å². The highest BCUT2D eigenvalue weighted by Crippen LogP contribution is 2.31. The molecule has 0 radical (unpaired) electrons. The third kappa shape index (κ3) is 3.62. The number of nitrogens with one attached hydrogen (secondary N) is 2. The predicted molar refractivity (Wildman–Crippen MR) is 102 cm³/mol. The number of nitrogens with zero attached hydrogens (tertiary/aromatic N) is 1. The van der Waals surface area contributed by atoms with Gasteiger partial charge in [0.1, 0.15) is 17.0 Å². The molecular weight excluding hydrogens is 346 g/mol. The van der Waals surface area contributed by atoms with Crippen molar-refractivity contribution in [1.82, 2.24) is 5.32 Å². The molecule has 3 aromatic rings. The van der Waals surface area contributed by atoms with Gasteiger partial charge in [0.05, 0.1) is 11.0 Å². The Kier molecular flexibility index (Phi) is 4.27. The van der Waals surface area contributed by atoms with Crippen molar-refractivity contribution in [2.75, 3.05) is 5.32 Å². The molecule has 1 aliphatic carbocycles. The molecule has 7 heteroatoms. The van der Waals surface area contributed by atoms with Gasteiger partial charge in [0.2, 0.25) is 0 Å². The number of furan rings is 1. The SMILES string of the molecule is C[C@@H](Nc1ccc(C(=O)NC2CC2)cc1[N+](=O)[O-])c1cc2ccccc2o1. The lowest BCUT2D eigenvalue weighted by Gasteiger charge is -2.13. The Morgan fingerprint density at radius 2 is 2.00 bits per heavy atom. The fourth-order valence-corrected chi connectivity index (χ4v) is 2.96. The summed E-state index contributed by atoms with van der Waals surface area (Å²) in [5.74, 6) is 0.401. The van der Waals surface area contributed by atoms with Crippen molar-refractivity contribution < 1.29 is 14.1 Å². The summed E-state index contributed by atoms with van der Waals surface area (Å²) in [6.45, 7) is 1.87. The number of rotatable bonds is 6. The summed E-state index contributed by atoms with van der Waals surface area (Å²) in [4.78, 5) is 23.2. The number of hydrogen-bond donors (Lipinski definition) is 2. The van der Waals surface area contributed by atoms with Crippen molar-refractivity contribution in [2.24, 2.45) is 0 Å². The number of benzene rings is 2. The van der Waals surface area contributed by atoms with Crippen molar-refractivity contribution in [3.8, 4) is 0 Å². The van der Waals surface area contributed by atoms with E-state index in [9.17, 15) is 14.9 Å². The van der Waals surface area contributed by atoms with E-state index >= 15 is 0 Å². The van der Waals surface area contributed by atoms with Crippen molar-refractivity contribution in [3.63, 3.8) is 0 Å². The van der Waals surface area contributed by atoms with E-state index in [0.717, 1.165) is 23.8 Å². The summed E-state index contributed by atoms with van der Waals surface area (Å²) < 4.78 is 5.82. The maximum atomic E-state index is 12.2. The Bertz CT molecular complexity index is 990. The number of amides is 1. The van der Waals surface area contributed by atoms with Crippen LogP contribution in [-0.2, 0) is 0 Å². The first-order valence-corrected chi connectivity index (χ1v) is 8.85. The Hall–Kier alpha value is -3.35. The molecule has 0 bridgehead atoms. The minimum atomic E-state index is -0.485. The predicted octanol–water partition coefficient (Wildman–Crippen LogP) is 4.41. The van der Waals surface area contributed by atoms with Crippen molar-refractivity contribution >= 4 is 28.3 Å². The quantitative estimate of drug-likeness (QED) is 0.498. The zero-order chi connectivity index (χ0) is 19.0. The van der Waals surface area contributed by atoms with E-state index in [1.807, 2.05) is 37.3 Å². The molecule has 1 amide bonds. The number of nitro benzene ring substituents is 1. The summed E-state index contributed by atoms with van der Waals surface area (Å²) in [5, 5.41) is 18.4. The van der Waals surface area contributed by atoms with Crippen LogP contribution in [0.2, 0.25) is 0 Å². The fourth-order valence-electron chi connectivity index (χ4n) is 2.96. The first kappa shape index (κ1) is 17.1. The minimum absolute atomic E-state index is 0.138. The van der Waals surface area contributed by atoms with Gasteiger partial charge in [-0.05, 0) is 44.0 Å². The molecule has 27 heavy (non-hydrogen) atoms. The molecule has 7 nitrogen and oxygen atoms in total. The number of carbonyl (C=O) groups excluding carboxylic acids is 1. The number of fused-ring (bicyclic) bond motifs is 1. The average Bonchev–Trinajstić information content (AvgIpc) is 3.35. The molecule has 0 saturated heterocycles. The highest BCUT2D eigenvalue weighted by Gasteiger charge is 2.25. The van der Waals surface area contributed by atoms with E-state index in [-0.39, 0.29) is 29.2 Å². The molecule has 1 aliphatic rings. The second-order valence-corrected chi connectivity index (χ2v) is 6.79. The molecule has 1 atom stereocenters. The third-order valence-electron chi connectivity index (χ3n) is 4.61. The molecular formula is C20H19N3O4. The van der Waals surface area contributed by atoms with Gasteiger partial charge in [0.25, 0.3) is 11.6 Å². The smallest absolute Gasteiger partial charge is 0.293 e. The van der Waals surface area contributed by atoms with Gasteiger partial charge in [-0.1, -0.05) is 18.2 Å². The largest absolute Gasteiger partial charge is 0.459 e. The maximum absolute atomic E-state index is 12.2. The van der Waals surface area contributed by atoms with Crippen LogP contribution in [0, 0.1) is 10.1 Å². The van der Waals surface area contributed by atoms with Gasteiger partial charge >= 0.3 is 0 Å². The molecule has 1 saturated carbocycles. The lowest BCUT2D eigenvalue weighted by molar-refractivity contribution is -0.384. The molecule has 0 aliphatic heterocycles. The molecule has 0 spiro atoms. The Labute approximate surface area is 155 Å². The lowest BCUT2D eigenvalue weighted by Crippen LogP contribution is -2.25. The molecule has 1 fully saturated rings. The Morgan fingerprint density at radius 3 is 2.70 bits per heavy atom. The van der Waals surface area contributed by atoms with Crippen LogP contribution < -0.4 is 10.6 Å². The first-order chi connectivity index (χ1) is 13.0. The second-order valence-electron chi connectivity index (χ2n) is 6.79. The number of para-hydroxylation sites is 1. The lowest BCUT2D eigenvalue weighted by atomic mass is 10.1. The van der Waals surface area contributed by atoms with Crippen LogP contribution >= 0.6 is 0 Å². The number of carbonyl (C=O) groups is 1. The van der Waals surface area contributed by atoms with Crippen molar-refractivity contribution in [1.29, 1.82) is 0 Å². The van der Waals surface area contributed by atoms with Crippen LogP contribution in [0.5, 0.6) is 0 Å². The van der Waals surface area contributed by atoms with E-state index in [4.69, 9.17) is 4.42 Å². The molecule has 138 valence electrons. The molecule has 1 aromatic heterocycles. The van der Waals surface area contributed by atoms with Crippen LogP contribution in [0.1, 0.15) is 41.9 Å². The highest BCUT2D eigenvalue weighted by atomic mass is 16.6. The van der Waals surface area contributed by atoms with E-state index in [1.165, 1.54) is 6.07 Å². The standard InChI is InChI=1S/C20H19N3O4/c1-12(19-11-13-4-2-3-5-18(13)27-19)21-16-9-6-14(10-17(16)23(25)26)20(24)22-15-7-8-15/h2-6,9-12,15,21H,7-8H2,1H3,(H,22,24)/t12-/m1/s1. The van der Waals surface area contributed by atoms with Gasteiger partial charge in [0.15, 0.2) is 0 Å². The number of nitro groups is 1. The molecule has 0 unspecified atom stereocenters. The minimum Gasteiger partial charge on any atom is -0.459 e. The highest BCUT2D eigenvalue weighted by molar-refractivity contribution is 5.96. The normalized spacial score (nSPS) is 14.7. The third-order valence-corrected chi connectivity index (χ3v) is 4.61. The van der Waals surface area contributed by atoms with E-state index < -0.39 is 4.92 Å². The second kappa shape index (κ2) is 6.75. The maximum Gasteiger partial charge on any atom is 0.293 e. The van der Waals surface area contributed by atoms with Crippen molar-refractivity contribution in [3.05, 3.63) is 70.0 Å². The van der Waals surface area contributed by atoms with E-state index in [0.29, 0.717) is 11.4 Å². The number of hydrogen-bond acceptors (Lipinski definition) is 5. The van der Waals surface area contributed by atoms with Crippen LogP contribution in [0.15, 0.2) is 52.9 Å². The van der Waals surface area contributed by atoms with Gasteiger partial charge in [0, 0.05) is 23.1 Å². The molecule has 4 rings (SSSR count). The summed E-state index contributed by atoms with van der Waals surface area (Å²) in [7, 11) is 0. The van der Waals surface area contributed by atoms with E-state index in [2.05, 4.69) is 10.6 Å². The van der Waals surface area contributed by atoms with Gasteiger partial charge in [-0.15, -0.1) is 0 Å². The van der Waals surface area contributed by atoms with Crippen molar-refractivity contribution in [2.45, 2.75) is 31.8 Å².